The minimum absolute atomic E-state index is 0.0896. The number of nitrogens with zero attached hydrogens (tertiary/aromatic N) is 1. The lowest BCUT2D eigenvalue weighted by atomic mass is 9.81. The van der Waals surface area contributed by atoms with Gasteiger partial charge in [-0.3, -0.25) is 9.59 Å². The van der Waals surface area contributed by atoms with Gasteiger partial charge in [-0.25, -0.2) is 0 Å². The fraction of sp³-hybridized carbons (Fsp3) is 0.174. The van der Waals surface area contributed by atoms with E-state index in [4.69, 9.17) is 11.6 Å². The van der Waals surface area contributed by atoms with Gasteiger partial charge in [-0.2, -0.15) is 5.26 Å². The summed E-state index contributed by atoms with van der Waals surface area (Å²) in [7, 11) is 0. The Kier molecular flexibility index (Phi) is 7.19. The lowest BCUT2D eigenvalue weighted by Gasteiger charge is -2.29. The van der Waals surface area contributed by atoms with Gasteiger partial charge in [0.05, 0.1) is 28.3 Å². The van der Waals surface area contributed by atoms with Crippen LogP contribution in [0.3, 0.4) is 0 Å². The Hall–Kier alpha value is -2.33. The van der Waals surface area contributed by atoms with Crippen LogP contribution in [0.4, 0.5) is 0 Å². The Morgan fingerprint density at radius 3 is 2.53 bits per heavy atom. The Labute approximate surface area is 193 Å². The van der Waals surface area contributed by atoms with Crippen LogP contribution in [-0.2, 0) is 4.79 Å². The van der Waals surface area contributed by atoms with Gasteiger partial charge in [0.25, 0.3) is 0 Å². The van der Waals surface area contributed by atoms with Crippen molar-refractivity contribution in [1.82, 2.24) is 5.32 Å². The minimum atomic E-state index is -0.481. The second-order valence-electron chi connectivity index (χ2n) is 6.78. The molecule has 152 valence electrons. The highest BCUT2D eigenvalue weighted by Crippen LogP contribution is 2.41. The highest BCUT2D eigenvalue weighted by Gasteiger charge is 2.33. The minimum Gasteiger partial charge on any atom is -0.353 e. The quantitative estimate of drug-likeness (QED) is 0.491. The van der Waals surface area contributed by atoms with E-state index in [0.717, 1.165) is 10.0 Å². The Morgan fingerprint density at radius 1 is 1.23 bits per heavy atom. The molecule has 0 bridgehead atoms. The number of ketones is 2. The Balaban J connectivity index is 1.95. The summed E-state index contributed by atoms with van der Waals surface area (Å²) in [5.41, 5.74) is 3.04. The van der Waals surface area contributed by atoms with Crippen molar-refractivity contribution in [2.75, 3.05) is 5.75 Å². The van der Waals surface area contributed by atoms with Crippen molar-refractivity contribution in [2.24, 2.45) is 0 Å². The molecule has 3 rings (SSSR count). The van der Waals surface area contributed by atoms with Gasteiger partial charge in [-0.05, 0) is 43.7 Å². The number of carbonyl (C=O) groups excluding carboxylic acids is 2. The van der Waals surface area contributed by atoms with E-state index >= 15 is 0 Å². The van der Waals surface area contributed by atoms with Crippen LogP contribution < -0.4 is 5.32 Å². The number of nitrogens with one attached hydrogen (secondary N) is 1. The maximum absolute atomic E-state index is 12.6. The number of thioether (sulfide) groups is 1. The zero-order valence-electron chi connectivity index (χ0n) is 16.3. The molecule has 4 nitrogen and oxygen atoms in total. The van der Waals surface area contributed by atoms with E-state index in [2.05, 4.69) is 27.3 Å². The van der Waals surface area contributed by atoms with Crippen molar-refractivity contribution in [1.29, 1.82) is 5.26 Å². The number of dihydropyridines is 1. The number of halogens is 2. The molecule has 1 aliphatic rings. The number of rotatable bonds is 6. The van der Waals surface area contributed by atoms with Gasteiger partial charge >= 0.3 is 0 Å². The van der Waals surface area contributed by atoms with Crippen LogP contribution in [0.5, 0.6) is 0 Å². The molecule has 0 fully saturated rings. The molecule has 1 heterocycles. The average Bonchev–Trinajstić information content (AvgIpc) is 2.71. The van der Waals surface area contributed by atoms with Gasteiger partial charge in [0.15, 0.2) is 11.6 Å². The molecule has 0 radical (unpaired) electrons. The summed E-state index contributed by atoms with van der Waals surface area (Å²) in [5, 5.41) is 14.2. The summed E-state index contributed by atoms with van der Waals surface area (Å²) < 4.78 is 0.912. The first-order chi connectivity index (χ1) is 14.3. The molecular weight excluding hydrogens is 484 g/mol. The summed E-state index contributed by atoms with van der Waals surface area (Å²) in [6.45, 7) is 3.32. The Morgan fingerprint density at radius 2 is 1.93 bits per heavy atom. The van der Waals surface area contributed by atoms with E-state index in [1.165, 1.54) is 18.7 Å². The van der Waals surface area contributed by atoms with Crippen LogP contribution >= 0.6 is 39.3 Å². The van der Waals surface area contributed by atoms with Crippen molar-refractivity contribution < 1.29 is 9.59 Å². The number of Topliss-reactive ketones (excluding diaryl/α,β-unsaturated/α-hetero) is 2. The molecule has 0 aromatic heterocycles. The first-order valence-electron chi connectivity index (χ1n) is 9.11. The third kappa shape index (κ3) is 4.86. The zero-order valence-corrected chi connectivity index (χ0v) is 19.5. The highest BCUT2D eigenvalue weighted by atomic mass is 79.9. The smallest absolute Gasteiger partial charge is 0.173 e. The number of hydrogen-bond donors (Lipinski definition) is 1. The lowest BCUT2D eigenvalue weighted by Crippen LogP contribution is -2.27. The summed E-state index contributed by atoms with van der Waals surface area (Å²) in [4.78, 5) is 25.0. The summed E-state index contributed by atoms with van der Waals surface area (Å²) in [6, 6.07) is 16.6. The van der Waals surface area contributed by atoms with Gasteiger partial charge in [0, 0.05) is 26.3 Å². The van der Waals surface area contributed by atoms with E-state index in [1.54, 1.807) is 24.3 Å². The van der Waals surface area contributed by atoms with Crippen LogP contribution in [0, 0.1) is 11.3 Å². The van der Waals surface area contributed by atoms with E-state index < -0.39 is 5.92 Å². The van der Waals surface area contributed by atoms with Crippen LogP contribution in [-0.4, -0.2) is 17.3 Å². The monoisotopic (exact) mass is 500 g/mol. The highest BCUT2D eigenvalue weighted by molar-refractivity contribution is 9.10. The molecule has 0 amide bonds. The molecule has 0 saturated carbocycles. The predicted octanol–water partition coefficient (Wildman–Crippen LogP) is 6.00. The first-order valence-corrected chi connectivity index (χ1v) is 11.3. The van der Waals surface area contributed by atoms with Gasteiger partial charge in [0.2, 0.25) is 0 Å². The molecule has 0 spiro atoms. The number of benzene rings is 2. The second-order valence-corrected chi connectivity index (χ2v) is 9.12. The number of hydrogen-bond acceptors (Lipinski definition) is 5. The van der Waals surface area contributed by atoms with Crippen molar-refractivity contribution in [3.63, 3.8) is 0 Å². The van der Waals surface area contributed by atoms with Crippen molar-refractivity contribution in [3.8, 4) is 6.07 Å². The molecule has 30 heavy (non-hydrogen) atoms. The van der Waals surface area contributed by atoms with Crippen molar-refractivity contribution in [2.45, 2.75) is 19.8 Å². The number of carbonyl (C=O) groups is 2. The van der Waals surface area contributed by atoms with Crippen molar-refractivity contribution in [3.05, 3.63) is 91.0 Å². The molecule has 1 aliphatic heterocycles. The third-order valence-electron chi connectivity index (χ3n) is 4.72. The molecule has 0 aliphatic carbocycles. The predicted molar refractivity (Wildman–Crippen MR) is 124 cm³/mol. The van der Waals surface area contributed by atoms with E-state index in [0.29, 0.717) is 32.5 Å². The summed E-state index contributed by atoms with van der Waals surface area (Å²) >= 11 is 10.7. The lowest BCUT2D eigenvalue weighted by molar-refractivity contribution is -0.113. The van der Waals surface area contributed by atoms with Crippen LogP contribution in [0.1, 0.15) is 35.7 Å². The molecular formula is C23H18BrClN2O2S. The fourth-order valence-corrected chi connectivity index (χ4v) is 4.81. The maximum atomic E-state index is 12.6. The molecule has 1 N–H and O–H groups in total. The first kappa shape index (κ1) is 22.4. The number of allylic oxidation sites excluding steroid dienone is 3. The van der Waals surface area contributed by atoms with Gasteiger partial charge < -0.3 is 5.32 Å². The normalized spacial score (nSPS) is 16.2. The van der Waals surface area contributed by atoms with Crippen molar-refractivity contribution >= 4 is 50.9 Å². The van der Waals surface area contributed by atoms with Crippen LogP contribution in [0.15, 0.2) is 74.9 Å². The summed E-state index contributed by atoms with van der Waals surface area (Å²) in [6.07, 6.45) is 0. The fourth-order valence-electron chi connectivity index (χ4n) is 3.36. The van der Waals surface area contributed by atoms with Gasteiger partial charge in [-0.1, -0.05) is 63.6 Å². The van der Waals surface area contributed by atoms with Gasteiger partial charge in [-0.15, -0.1) is 0 Å². The van der Waals surface area contributed by atoms with Crippen LogP contribution in [0.25, 0.3) is 0 Å². The zero-order chi connectivity index (χ0) is 21.8. The molecule has 2 aromatic rings. The second kappa shape index (κ2) is 9.65. The maximum Gasteiger partial charge on any atom is 0.173 e. The summed E-state index contributed by atoms with van der Waals surface area (Å²) in [5.74, 6) is -0.525. The topological polar surface area (TPSA) is 70.0 Å². The SMILES string of the molecule is CC(=O)C1=C(C)NC(SCC(=O)c2cccc(Cl)c2)=C(C#N)[C@H]1c1ccc(Br)cc1. The third-order valence-corrected chi connectivity index (χ3v) is 6.51. The molecule has 2 aromatic carbocycles. The van der Waals surface area contributed by atoms with E-state index in [1.807, 2.05) is 31.2 Å². The largest absolute Gasteiger partial charge is 0.353 e. The average molecular weight is 502 g/mol. The molecule has 0 unspecified atom stereocenters. The number of nitriles is 1. The Bertz CT molecular complexity index is 1120. The van der Waals surface area contributed by atoms with E-state index in [9.17, 15) is 14.9 Å². The van der Waals surface area contributed by atoms with E-state index in [-0.39, 0.29) is 17.3 Å². The van der Waals surface area contributed by atoms with Gasteiger partial charge in [0.1, 0.15) is 0 Å². The molecule has 0 saturated heterocycles. The molecule has 7 heteroatoms. The van der Waals surface area contributed by atoms with Crippen LogP contribution in [0.2, 0.25) is 5.02 Å². The standard InChI is InChI=1S/C23H18BrClN2O2S/c1-13-21(14(2)28)22(15-6-8-17(24)9-7-15)19(11-26)23(27-13)30-12-20(29)16-4-3-5-18(25)10-16/h3-10,22,27H,12H2,1-2H3/t22-/m1/s1. The molecule has 1 atom stereocenters.